The number of thiol groups is 1. The molecule has 1 aromatic carbocycles. The van der Waals surface area contributed by atoms with Crippen LogP contribution in [-0.4, -0.2) is 6.54 Å². The highest BCUT2D eigenvalue weighted by molar-refractivity contribution is 7.80. The van der Waals surface area contributed by atoms with Crippen LogP contribution >= 0.6 is 24.2 Å². The van der Waals surface area contributed by atoms with E-state index in [2.05, 4.69) is 43.6 Å². The molecule has 1 nitrogen and oxygen atoms in total. The summed E-state index contributed by atoms with van der Waals surface area (Å²) in [6, 6.07) is 4.06. The van der Waals surface area contributed by atoms with Crippen molar-refractivity contribution in [2.45, 2.75) is 44.4 Å². The minimum absolute atomic E-state index is 0.821. The summed E-state index contributed by atoms with van der Waals surface area (Å²) in [4.78, 5) is 0.946. The van der Waals surface area contributed by atoms with E-state index in [1.165, 1.54) is 24.8 Å². The quantitative estimate of drug-likeness (QED) is 0.468. The minimum atomic E-state index is 0.821. The molecule has 110 valence electrons. The zero-order valence-electron chi connectivity index (χ0n) is 12.4. The summed E-state index contributed by atoms with van der Waals surface area (Å²) in [5.74, 6) is 0. The van der Waals surface area contributed by atoms with Gasteiger partial charge in [0.1, 0.15) is 0 Å². The van der Waals surface area contributed by atoms with Gasteiger partial charge in [0.05, 0.1) is 5.02 Å². The Morgan fingerprint density at radius 3 is 2.80 bits per heavy atom. The highest BCUT2D eigenvalue weighted by atomic mass is 35.5. The van der Waals surface area contributed by atoms with Crippen molar-refractivity contribution in [3.8, 4) is 0 Å². The lowest BCUT2D eigenvalue weighted by Crippen LogP contribution is -2.05. The van der Waals surface area contributed by atoms with Crippen LogP contribution in [0.1, 0.15) is 43.7 Å². The molecule has 0 spiro atoms. The summed E-state index contributed by atoms with van der Waals surface area (Å²) >= 11 is 10.8. The highest BCUT2D eigenvalue weighted by Crippen LogP contribution is 2.30. The van der Waals surface area contributed by atoms with Crippen molar-refractivity contribution in [3.63, 3.8) is 0 Å². The third-order valence-corrected chi connectivity index (χ3v) is 4.37. The molecular formula is C17H24ClNS. The molecule has 0 aliphatic heterocycles. The van der Waals surface area contributed by atoms with Gasteiger partial charge in [-0.3, -0.25) is 0 Å². The number of allylic oxidation sites excluding steroid dienone is 2. The van der Waals surface area contributed by atoms with Crippen LogP contribution in [0.2, 0.25) is 5.02 Å². The maximum Gasteiger partial charge on any atom is 0.0521 e. The molecule has 1 aromatic rings. The molecule has 0 radical (unpaired) electrons. The molecule has 0 aliphatic carbocycles. The Labute approximate surface area is 133 Å². The summed E-state index contributed by atoms with van der Waals surface area (Å²) in [6.07, 6.45) is 8.74. The maximum atomic E-state index is 6.38. The Balaban J connectivity index is 2.49. The Morgan fingerprint density at radius 1 is 1.35 bits per heavy atom. The van der Waals surface area contributed by atoms with Crippen molar-refractivity contribution >= 4 is 29.8 Å². The lowest BCUT2D eigenvalue weighted by molar-refractivity contribution is 0.661. The number of hydrogen-bond donors (Lipinski definition) is 2. The van der Waals surface area contributed by atoms with E-state index in [4.69, 9.17) is 11.6 Å². The molecule has 3 heteroatoms. The van der Waals surface area contributed by atoms with E-state index in [1.54, 1.807) is 6.20 Å². The average molecular weight is 310 g/mol. The van der Waals surface area contributed by atoms with Crippen LogP contribution in [0.25, 0.3) is 5.57 Å². The average Bonchev–Trinajstić information content (AvgIpc) is 2.43. The van der Waals surface area contributed by atoms with Crippen molar-refractivity contribution in [2.24, 2.45) is 0 Å². The van der Waals surface area contributed by atoms with Crippen LogP contribution in [0, 0.1) is 6.92 Å². The largest absolute Gasteiger partial charge is 0.391 e. The third kappa shape index (κ3) is 5.26. The first-order valence-electron chi connectivity index (χ1n) is 7.07. The zero-order valence-corrected chi connectivity index (χ0v) is 14.0. The van der Waals surface area contributed by atoms with Gasteiger partial charge in [-0.05, 0) is 62.1 Å². The van der Waals surface area contributed by atoms with Crippen LogP contribution in [-0.2, 0) is 0 Å². The number of nitrogens with one attached hydrogen (secondary N) is 1. The topological polar surface area (TPSA) is 12.0 Å². The van der Waals surface area contributed by atoms with E-state index < -0.39 is 0 Å². The predicted octanol–water partition coefficient (Wildman–Crippen LogP) is 5.63. The molecule has 0 heterocycles. The molecule has 0 saturated heterocycles. The monoisotopic (exact) mass is 309 g/mol. The first kappa shape index (κ1) is 17.2. The summed E-state index contributed by atoms with van der Waals surface area (Å²) in [5, 5.41) is 3.94. The zero-order chi connectivity index (χ0) is 15.0. The van der Waals surface area contributed by atoms with Crippen molar-refractivity contribution in [3.05, 3.63) is 47.1 Å². The van der Waals surface area contributed by atoms with E-state index in [0.717, 1.165) is 34.0 Å². The molecule has 1 rings (SSSR count). The van der Waals surface area contributed by atoms with Gasteiger partial charge in [-0.25, -0.2) is 0 Å². The van der Waals surface area contributed by atoms with E-state index in [-0.39, 0.29) is 0 Å². The van der Waals surface area contributed by atoms with Gasteiger partial charge < -0.3 is 5.32 Å². The number of halogens is 1. The molecule has 0 aliphatic rings. The lowest BCUT2D eigenvalue weighted by Gasteiger charge is -2.09. The molecule has 0 saturated carbocycles. The van der Waals surface area contributed by atoms with Gasteiger partial charge in [0.25, 0.3) is 0 Å². The van der Waals surface area contributed by atoms with E-state index in [0.29, 0.717) is 0 Å². The number of rotatable bonds is 8. The Bertz CT molecular complexity index is 480. The molecule has 20 heavy (non-hydrogen) atoms. The lowest BCUT2D eigenvalue weighted by atomic mass is 10.0. The molecule has 1 N–H and O–H groups in total. The second-order valence-electron chi connectivity index (χ2n) is 4.97. The van der Waals surface area contributed by atoms with Crippen LogP contribution in [0.15, 0.2) is 35.9 Å². The Kier molecular flexibility index (Phi) is 7.86. The number of unbranched alkanes of at least 4 members (excludes halogenated alkanes) is 3. The van der Waals surface area contributed by atoms with Gasteiger partial charge in [0.2, 0.25) is 0 Å². The highest BCUT2D eigenvalue weighted by Gasteiger charge is 2.07. The predicted molar refractivity (Wildman–Crippen MR) is 93.8 cm³/mol. The molecule has 0 amide bonds. The van der Waals surface area contributed by atoms with Gasteiger partial charge in [-0.15, -0.1) is 12.6 Å². The Hall–Kier alpha value is -0.860. The van der Waals surface area contributed by atoms with Gasteiger partial charge in [0, 0.05) is 11.4 Å². The minimum Gasteiger partial charge on any atom is -0.391 e. The van der Waals surface area contributed by atoms with Crippen molar-refractivity contribution < 1.29 is 0 Å². The van der Waals surface area contributed by atoms with E-state index in [9.17, 15) is 0 Å². The normalized spacial score (nSPS) is 11.5. The van der Waals surface area contributed by atoms with Crippen LogP contribution in [0.3, 0.4) is 0 Å². The van der Waals surface area contributed by atoms with Crippen LogP contribution in [0.5, 0.6) is 0 Å². The fourth-order valence-electron chi connectivity index (χ4n) is 2.06. The summed E-state index contributed by atoms with van der Waals surface area (Å²) in [5.41, 5.74) is 3.42. The summed E-state index contributed by atoms with van der Waals surface area (Å²) in [6.45, 7) is 8.78. The third-order valence-electron chi connectivity index (χ3n) is 3.40. The van der Waals surface area contributed by atoms with Crippen LogP contribution < -0.4 is 5.32 Å². The maximum absolute atomic E-state index is 6.38. The molecule has 0 atom stereocenters. The van der Waals surface area contributed by atoms with E-state index in [1.807, 2.05) is 13.0 Å². The molecule has 0 fully saturated rings. The SMILES string of the molecule is C=CNCCCCC/C=C(/C)c1ccc(S)c(C)c1Cl. The van der Waals surface area contributed by atoms with Gasteiger partial charge >= 0.3 is 0 Å². The fraction of sp³-hybridized carbons (Fsp3) is 0.412. The molecular weight excluding hydrogens is 286 g/mol. The second kappa shape index (κ2) is 9.15. The number of hydrogen-bond acceptors (Lipinski definition) is 2. The van der Waals surface area contributed by atoms with Crippen molar-refractivity contribution in [2.75, 3.05) is 6.54 Å². The molecule has 0 aromatic heterocycles. The van der Waals surface area contributed by atoms with E-state index >= 15 is 0 Å². The molecule has 0 unspecified atom stereocenters. The summed E-state index contributed by atoms with van der Waals surface area (Å²) < 4.78 is 0. The fourth-order valence-corrected chi connectivity index (χ4v) is 2.62. The summed E-state index contributed by atoms with van der Waals surface area (Å²) in [7, 11) is 0. The van der Waals surface area contributed by atoms with Crippen molar-refractivity contribution in [1.82, 2.24) is 5.32 Å². The Morgan fingerprint density at radius 2 is 2.10 bits per heavy atom. The van der Waals surface area contributed by atoms with Gasteiger partial charge in [-0.1, -0.05) is 36.7 Å². The standard InChI is InChI=1S/C17H24ClNS/c1-4-19-12-8-6-5-7-9-13(2)15-10-11-16(20)14(3)17(15)18/h4,9-11,19-20H,1,5-8,12H2,2-3H3/b13-9-. The second-order valence-corrected chi connectivity index (χ2v) is 5.83. The first-order chi connectivity index (χ1) is 9.57. The first-order valence-corrected chi connectivity index (χ1v) is 7.90. The van der Waals surface area contributed by atoms with Crippen molar-refractivity contribution in [1.29, 1.82) is 0 Å². The van der Waals surface area contributed by atoms with Gasteiger partial charge in [-0.2, -0.15) is 0 Å². The van der Waals surface area contributed by atoms with Crippen LogP contribution in [0.4, 0.5) is 0 Å². The molecule has 0 bridgehead atoms. The smallest absolute Gasteiger partial charge is 0.0521 e. The van der Waals surface area contributed by atoms with Gasteiger partial charge in [0.15, 0.2) is 0 Å². The number of benzene rings is 1.